The normalized spacial score (nSPS) is 12.3. The van der Waals surface area contributed by atoms with Crippen LogP contribution in [0.2, 0.25) is 0 Å². The lowest BCUT2D eigenvalue weighted by atomic mass is 10.1. The molecular weight excluding hydrogens is 224 g/mol. The maximum Gasteiger partial charge on any atom is 0.181 e. The van der Waals surface area contributed by atoms with E-state index in [4.69, 9.17) is 4.74 Å². The summed E-state index contributed by atoms with van der Waals surface area (Å²) in [6.45, 7) is 0.560. The van der Waals surface area contributed by atoms with E-state index >= 15 is 0 Å². The molecule has 0 aromatic heterocycles. The Labute approximate surface area is 108 Å². The van der Waals surface area contributed by atoms with Crippen LogP contribution in [0.3, 0.4) is 0 Å². The summed E-state index contributed by atoms with van der Waals surface area (Å²) in [6, 6.07) is 19.7. The standard InChI is InChI=1S/C16H18O2/c17-16(15-11-5-2-6-12-15)18-13-7-10-14-8-3-1-4-9-14/h1-6,8-9,11-12,16-17H,7,10,13H2. The highest BCUT2D eigenvalue weighted by Gasteiger charge is 2.05. The highest BCUT2D eigenvalue weighted by molar-refractivity contribution is 5.16. The van der Waals surface area contributed by atoms with Crippen molar-refractivity contribution < 1.29 is 9.84 Å². The Balaban J connectivity index is 1.70. The summed E-state index contributed by atoms with van der Waals surface area (Å²) < 4.78 is 5.41. The zero-order valence-corrected chi connectivity index (χ0v) is 10.3. The van der Waals surface area contributed by atoms with E-state index in [1.54, 1.807) is 0 Å². The average Bonchev–Trinajstić information content (AvgIpc) is 2.45. The van der Waals surface area contributed by atoms with Crippen LogP contribution in [0.5, 0.6) is 0 Å². The van der Waals surface area contributed by atoms with Gasteiger partial charge in [-0.1, -0.05) is 60.7 Å². The van der Waals surface area contributed by atoms with Crippen LogP contribution in [-0.2, 0) is 11.2 Å². The van der Waals surface area contributed by atoms with E-state index in [1.165, 1.54) is 5.56 Å². The molecule has 0 fully saturated rings. The molecule has 0 radical (unpaired) electrons. The number of aliphatic hydroxyl groups is 1. The van der Waals surface area contributed by atoms with Crippen molar-refractivity contribution in [2.24, 2.45) is 0 Å². The molecule has 0 aliphatic carbocycles. The molecule has 0 saturated carbocycles. The molecule has 1 unspecified atom stereocenters. The first-order valence-corrected chi connectivity index (χ1v) is 6.25. The molecule has 0 spiro atoms. The van der Waals surface area contributed by atoms with E-state index < -0.39 is 6.29 Å². The van der Waals surface area contributed by atoms with Gasteiger partial charge in [-0.3, -0.25) is 0 Å². The molecule has 2 heteroatoms. The predicted molar refractivity (Wildman–Crippen MR) is 72.1 cm³/mol. The van der Waals surface area contributed by atoms with Gasteiger partial charge in [0.25, 0.3) is 0 Å². The fourth-order valence-electron chi connectivity index (χ4n) is 1.83. The third kappa shape index (κ3) is 3.99. The Kier molecular flexibility index (Phi) is 4.94. The van der Waals surface area contributed by atoms with Crippen molar-refractivity contribution in [1.82, 2.24) is 0 Å². The number of hydrogen-bond donors (Lipinski definition) is 1. The van der Waals surface area contributed by atoms with Crippen LogP contribution < -0.4 is 0 Å². The van der Waals surface area contributed by atoms with Gasteiger partial charge in [-0.15, -0.1) is 0 Å². The highest BCUT2D eigenvalue weighted by Crippen LogP contribution is 2.14. The van der Waals surface area contributed by atoms with Crippen molar-refractivity contribution in [3.05, 3.63) is 71.8 Å². The molecule has 0 amide bonds. The van der Waals surface area contributed by atoms with Crippen LogP contribution in [0.4, 0.5) is 0 Å². The van der Waals surface area contributed by atoms with Gasteiger partial charge in [-0.2, -0.15) is 0 Å². The fourth-order valence-corrected chi connectivity index (χ4v) is 1.83. The van der Waals surface area contributed by atoms with Gasteiger partial charge in [-0.25, -0.2) is 0 Å². The topological polar surface area (TPSA) is 29.5 Å². The maximum atomic E-state index is 9.80. The summed E-state index contributed by atoms with van der Waals surface area (Å²) in [5, 5.41) is 9.80. The number of rotatable bonds is 6. The van der Waals surface area contributed by atoms with Crippen LogP contribution >= 0.6 is 0 Å². The Bertz CT molecular complexity index is 439. The SMILES string of the molecule is OC(OCCCc1ccccc1)c1ccccc1. The van der Waals surface area contributed by atoms with Crippen molar-refractivity contribution in [1.29, 1.82) is 0 Å². The molecule has 0 saturated heterocycles. The molecule has 0 aliphatic rings. The predicted octanol–water partition coefficient (Wildman–Crippen LogP) is 3.33. The summed E-state index contributed by atoms with van der Waals surface area (Å²) >= 11 is 0. The van der Waals surface area contributed by atoms with E-state index in [0.29, 0.717) is 6.61 Å². The molecule has 94 valence electrons. The number of hydrogen-bond acceptors (Lipinski definition) is 2. The zero-order chi connectivity index (χ0) is 12.6. The molecule has 2 nitrogen and oxygen atoms in total. The molecule has 0 aliphatic heterocycles. The van der Waals surface area contributed by atoms with Gasteiger partial charge in [0, 0.05) is 5.56 Å². The first kappa shape index (κ1) is 12.8. The minimum absolute atomic E-state index is 0.560. The molecule has 1 atom stereocenters. The zero-order valence-electron chi connectivity index (χ0n) is 10.3. The number of ether oxygens (including phenoxy) is 1. The van der Waals surface area contributed by atoms with Crippen molar-refractivity contribution in [3.8, 4) is 0 Å². The van der Waals surface area contributed by atoms with Gasteiger partial charge in [0.1, 0.15) is 0 Å². The third-order valence-electron chi connectivity index (χ3n) is 2.81. The number of benzene rings is 2. The second-order valence-corrected chi connectivity index (χ2v) is 4.22. The minimum Gasteiger partial charge on any atom is -0.364 e. The van der Waals surface area contributed by atoms with Crippen molar-refractivity contribution in [2.75, 3.05) is 6.61 Å². The lowest BCUT2D eigenvalue weighted by Crippen LogP contribution is -2.05. The van der Waals surface area contributed by atoms with E-state index in [-0.39, 0.29) is 0 Å². The monoisotopic (exact) mass is 242 g/mol. The van der Waals surface area contributed by atoms with E-state index in [0.717, 1.165) is 18.4 Å². The maximum absolute atomic E-state index is 9.80. The van der Waals surface area contributed by atoms with Crippen LogP contribution in [0.1, 0.15) is 23.8 Å². The fraction of sp³-hybridized carbons (Fsp3) is 0.250. The van der Waals surface area contributed by atoms with Crippen LogP contribution in [0, 0.1) is 0 Å². The molecule has 2 aromatic rings. The van der Waals surface area contributed by atoms with Crippen LogP contribution in [-0.4, -0.2) is 11.7 Å². The molecular formula is C16H18O2. The first-order chi connectivity index (χ1) is 8.86. The summed E-state index contributed by atoms with van der Waals surface area (Å²) in [7, 11) is 0. The quantitative estimate of drug-likeness (QED) is 0.622. The Hall–Kier alpha value is -1.64. The largest absolute Gasteiger partial charge is 0.364 e. The lowest BCUT2D eigenvalue weighted by Gasteiger charge is -2.12. The average molecular weight is 242 g/mol. The van der Waals surface area contributed by atoms with E-state index in [9.17, 15) is 5.11 Å². The number of aliphatic hydroxyl groups excluding tert-OH is 1. The molecule has 2 rings (SSSR count). The van der Waals surface area contributed by atoms with Crippen LogP contribution in [0.25, 0.3) is 0 Å². The number of aryl methyl sites for hydroxylation is 1. The van der Waals surface area contributed by atoms with E-state index in [1.807, 2.05) is 48.5 Å². The van der Waals surface area contributed by atoms with Gasteiger partial charge < -0.3 is 9.84 Å². The van der Waals surface area contributed by atoms with Gasteiger partial charge in [0.15, 0.2) is 6.29 Å². The van der Waals surface area contributed by atoms with Gasteiger partial charge in [-0.05, 0) is 18.4 Å². The second-order valence-electron chi connectivity index (χ2n) is 4.22. The van der Waals surface area contributed by atoms with Gasteiger partial charge in [0.2, 0.25) is 0 Å². The summed E-state index contributed by atoms with van der Waals surface area (Å²) in [6.07, 6.45) is 1.07. The molecule has 2 aromatic carbocycles. The minimum atomic E-state index is -0.818. The van der Waals surface area contributed by atoms with Gasteiger partial charge >= 0.3 is 0 Å². The first-order valence-electron chi connectivity index (χ1n) is 6.25. The lowest BCUT2D eigenvalue weighted by molar-refractivity contribution is -0.103. The Morgan fingerprint density at radius 3 is 2.17 bits per heavy atom. The summed E-state index contributed by atoms with van der Waals surface area (Å²) in [5.74, 6) is 0. The molecule has 1 N–H and O–H groups in total. The summed E-state index contributed by atoms with van der Waals surface area (Å²) in [5.41, 5.74) is 2.10. The smallest absolute Gasteiger partial charge is 0.181 e. The molecule has 18 heavy (non-hydrogen) atoms. The second kappa shape index (κ2) is 6.94. The Morgan fingerprint density at radius 1 is 0.889 bits per heavy atom. The Morgan fingerprint density at radius 2 is 1.50 bits per heavy atom. The van der Waals surface area contributed by atoms with Crippen molar-refractivity contribution >= 4 is 0 Å². The summed E-state index contributed by atoms with van der Waals surface area (Å²) in [4.78, 5) is 0. The van der Waals surface area contributed by atoms with E-state index in [2.05, 4.69) is 12.1 Å². The van der Waals surface area contributed by atoms with Crippen LogP contribution in [0.15, 0.2) is 60.7 Å². The third-order valence-corrected chi connectivity index (χ3v) is 2.81. The van der Waals surface area contributed by atoms with Crippen molar-refractivity contribution in [2.45, 2.75) is 19.1 Å². The molecule has 0 heterocycles. The van der Waals surface area contributed by atoms with Crippen molar-refractivity contribution in [3.63, 3.8) is 0 Å². The molecule has 0 bridgehead atoms. The van der Waals surface area contributed by atoms with Gasteiger partial charge in [0.05, 0.1) is 6.61 Å². The highest BCUT2D eigenvalue weighted by atomic mass is 16.6.